The molecule has 0 radical (unpaired) electrons. The molecule has 10 heavy (non-hydrogen) atoms. The Morgan fingerprint density at radius 2 is 2.30 bits per heavy atom. The largest absolute Gasteiger partial charge is 0.350 e. The summed E-state index contributed by atoms with van der Waals surface area (Å²) in [4.78, 5) is 0. The molecule has 1 heterocycles. The van der Waals surface area contributed by atoms with Gasteiger partial charge in [0.2, 0.25) is 0 Å². The zero-order valence-electron chi connectivity index (χ0n) is 6.54. The number of rotatable bonds is 2. The van der Waals surface area contributed by atoms with Gasteiger partial charge in [0.05, 0.1) is 12.2 Å². The molecular weight excluding hydrogens is 128 g/mol. The van der Waals surface area contributed by atoms with Crippen molar-refractivity contribution >= 4 is 0 Å². The second-order valence-corrected chi connectivity index (χ2v) is 2.72. The lowest BCUT2D eigenvalue weighted by molar-refractivity contribution is 0.0344. The highest BCUT2D eigenvalue weighted by atomic mass is 16.7. The maximum atomic E-state index is 5.32. The summed E-state index contributed by atoms with van der Waals surface area (Å²) in [6, 6.07) is 0. The smallest absolute Gasteiger partial charge is 0.147 e. The normalized spacial score (nSPS) is 35.8. The Bertz CT molecular complexity index is 122. The molecule has 1 aliphatic heterocycles. The monoisotopic (exact) mass is 142 g/mol. The van der Waals surface area contributed by atoms with Crippen LogP contribution >= 0.6 is 0 Å². The molecule has 0 aromatic carbocycles. The van der Waals surface area contributed by atoms with Crippen molar-refractivity contribution in [3.8, 4) is 0 Å². The van der Waals surface area contributed by atoms with Gasteiger partial charge in [0.1, 0.15) is 6.79 Å². The Balaban J connectivity index is 2.46. The Morgan fingerprint density at radius 3 is 2.70 bits per heavy atom. The molecule has 3 unspecified atom stereocenters. The summed E-state index contributed by atoms with van der Waals surface area (Å²) < 4.78 is 10.5. The van der Waals surface area contributed by atoms with Crippen molar-refractivity contribution in [1.29, 1.82) is 0 Å². The fourth-order valence-corrected chi connectivity index (χ4v) is 1.17. The maximum absolute atomic E-state index is 5.32. The standard InChI is InChI=1S/C8H14O2/c1-4-6(2)8-7(3)9-5-10-8/h4,6-8H,1,5H2,2-3H3. The minimum Gasteiger partial charge on any atom is -0.350 e. The van der Waals surface area contributed by atoms with Gasteiger partial charge in [-0.1, -0.05) is 13.0 Å². The van der Waals surface area contributed by atoms with E-state index in [-0.39, 0.29) is 12.2 Å². The van der Waals surface area contributed by atoms with Gasteiger partial charge in [-0.2, -0.15) is 0 Å². The minimum absolute atomic E-state index is 0.206. The van der Waals surface area contributed by atoms with Gasteiger partial charge in [-0.05, 0) is 6.92 Å². The quantitative estimate of drug-likeness (QED) is 0.545. The fraction of sp³-hybridized carbons (Fsp3) is 0.750. The van der Waals surface area contributed by atoms with Crippen LogP contribution in [0.4, 0.5) is 0 Å². The SMILES string of the molecule is C=CC(C)C1OCOC1C. The van der Waals surface area contributed by atoms with Crippen molar-refractivity contribution in [1.82, 2.24) is 0 Å². The highest BCUT2D eigenvalue weighted by Gasteiger charge is 2.28. The first-order valence-corrected chi connectivity index (χ1v) is 3.61. The van der Waals surface area contributed by atoms with Gasteiger partial charge in [-0.3, -0.25) is 0 Å². The lowest BCUT2D eigenvalue weighted by Crippen LogP contribution is -2.25. The van der Waals surface area contributed by atoms with Crippen LogP contribution in [0.5, 0.6) is 0 Å². The molecule has 0 aromatic rings. The molecule has 0 aromatic heterocycles. The Kier molecular flexibility index (Phi) is 2.46. The highest BCUT2D eigenvalue weighted by molar-refractivity contribution is 4.86. The number of hydrogen-bond donors (Lipinski definition) is 0. The number of ether oxygens (including phenoxy) is 2. The third-order valence-corrected chi connectivity index (χ3v) is 1.94. The van der Waals surface area contributed by atoms with E-state index < -0.39 is 0 Å². The van der Waals surface area contributed by atoms with E-state index >= 15 is 0 Å². The van der Waals surface area contributed by atoms with Gasteiger partial charge >= 0.3 is 0 Å². The van der Waals surface area contributed by atoms with Gasteiger partial charge in [-0.25, -0.2) is 0 Å². The summed E-state index contributed by atoms with van der Waals surface area (Å²) in [6.45, 7) is 8.25. The molecule has 1 rings (SSSR count). The van der Waals surface area contributed by atoms with Crippen molar-refractivity contribution in [3.63, 3.8) is 0 Å². The van der Waals surface area contributed by atoms with Gasteiger partial charge in [0, 0.05) is 5.92 Å². The van der Waals surface area contributed by atoms with Gasteiger partial charge < -0.3 is 9.47 Å². The Morgan fingerprint density at radius 1 is 1.60 bits per heavy atom. The summed E-state index contributed by atoms with van der Waals surface area (Å²) >= 11 is 0. The molecular formula is C8H14O2. The molecule has 0 aliphatic carbocycles. The van der Waals surface area contributed by atoms with Crippen LogP contribution in [-0.4, -0.2) is 19.0 Å². The second kappa shape index (κ2) is 3.17. The fourth-order valence-electron chi connectivity index (χ4n) is 1.17. The van der Waals surface area contributed by atoms with Crippen molar-refractivity contribution < 1.29 is 9.47 Å². The summed E-state index contributed by atoms with van der Waals surface area (Å²) in [5, 5.41) is 0. The summed E-state index contributed by atoms with van der Waals surface area (Å²) in [7, 11) is 0. The molecule has 1 saturated heterocycles. The van der Waals surface area contributed by atoms with E-state index in [4.69, 9.17) is 9.47 Å². The van der Waals surface area contributed by atoms with Crippen LogP contribution in [0.25, 0.3) is 0 Å². The van der Waals surface area contributed by atoms with Crippen LogP contribution in [0.1, 0.15) is 13.8 Å². The van der Waals surface area contributed by atoms with E-state index in [0.29, 0.717) is 12.7 Å². The average Bonchev–Trinajstić information content (AvgIpc) is 2.34. The molecule has 58 valence electrons. The molecule has 1 aliphatic rings. The van der Waals surface area contributed by atoms with Crippen molar-refractivity contribution in [2.75, 3.05) is 6.79 Å². The first kappa shape index (κ1) is 7.76. The van der Waals surface area contributed by atoms with E-state index in [2.05, 4.69) is 13.5 Å². The van der Waals surface area contributed by atoms with Crippen molar-refractivity contribution in [3.05, 3.63) is 12.7 Å². The summed E-state index contributed by atoms with van der Waals surface area (Å²) in [6.07, 6.45) is 2.32. The first-order chi connectivity index (χ1) is 4.75. The topological polar surface area (TPSA) is 18.5 Å². The molecule has 0 N–H and O–H groups in total. The summed E-state index contributed by atoms with van der Waals surface area (Å²) in [5.41, 5.74) is 0. The highest BCUT2D eigenvalue weighted by Crippen LogP contribution is 2.20. The Hall–Kier alpha value is -0.340. The zero-order chi connectivity index (χ0) is 7.56. The van der Waals surface area contributed by atoms with Crippen LogP contribution in [0.15, 0.2) is 12.7 Å². The molecule has 0 saturated carbocycles. The molecule has 1 fully saturated rings. The summed E-state index contributed by atoms with van der Waals surface area (Å²) in [5.74, 6) is 0.387. The van der Waals surface area contributed by atoms with Crippen LogP contribution in [0, 0.1) is 5.92 Å². The van der Waals surface area contributed by atoms with E-state index in [1.54, 1.807) is 0 Å². The molecule has 2 nitrogen and oxygen atoms in total. The lowest BCUT2D eigenvalue weighted by Gasteiger charge is -2.16. The van der Waals surface area contributed by atoms with Crippen LogP contribution in [0.3, 0.4) is 0 Å². The van der Waals surface area contributed by atoms with Gasteiger partial charge in [-0.15, -0.1) is 6.58 Å². The van der Waals surface area contributed by atoms with Crippen molar-refractivity contribution in [2.24, 2.45) is 5.92 Å². The molecule has 3 atom stereocenters. The van der Waals surface area contributed by atoms with Crippen LogP contribution < -0.4 is 0 Å². The third kappa shape index (κ3) is 1.39. The van der Waals surface area contributed by atoms with E-state index in [1.165, 1.54) is 0 Å². The second-order valence-electron chi connectivity index (χ2n) is 2.72. The van der Waals surface area contributed by atoms with Gasteiger partial charge in [0.15, 0.2) is 0 Å². The molecule has 0 amide bonds. The predicted octanol–water partition coefficient (Wildman–Crippen LogP) is 1.57. The predicted molar refractivity (Wildman–Crippen MR) is 39.6 cm³/mol. The zero-order valence-corrected chi connectivity index (χ0v) is 6.54. The maximum Gasteiger partial charge on any atom is 0.147 e. The first-order valence-electron chi connectivity index (χ1n) is 3.61. The average molecular weight is 142 g/mol. The van der Waals surface area contributed by atoms with E-state index in [9.17, 15) is 0 Å². The third-order valence-electron chi connectivity index (χ3n) is 1.94. The van der Waals surface area contributed by atoms with E-state index in [0.717, 1.165) is 0 Å². The van der Waals surface area contributed by atoms with E-state index in [1.807, 2.05) is 13.0 Å². The molecule has 0 spiro atoms. The van der Waals surface area contributed by atoms with Gasteiger partial charge in [0.25, 0.3) is 0 Å². The van der Waals surface area contributed by atoms with Crippen molar-refractivity contribution in [2.45, 2.75) is 26.1 Å². The van der Waals surface area contributed by atoms with Crippen LogP contribution in [-0.2, 0) is 9.47 Å². The lowest BCUT2D eigenvalue weighted by atomic mass is 10.0. The Labute approximate surface area is 61.8 Å². The minimum atomic E-state index is 0.206. The van der Waals surface area contributed by atoms with Crippen LogP contribution in [0.2, 0.25) is 0 Å². The number of hydrogen-bond acceptors (Lipinski definition) is 2. The molecule has 0 bridgehead atoms. The molecule has 2 heteroatoms.